The van der Waals surface area contributed by atoms with E-state index in [-0.39, 0.29) is 0 Å². The second-order valence-corrected chi connectivity index (χ2v) is 3.31. The number of allylic oxidation sites excluding steroid dienone is 1. The van der Waals surface area contributed by atoms with Crippen LogP contribution in [0, 0.1) is 0 Å². The van der Waals surface area contributed by atoms with Crippen molar-refractivity contribution in [3.8, 4) is 11.3 Å². The van der Waals surface area contributed by atoms with Crippen molar-refractivity contribution in [2.24, 2.45) is 0 Å². The molecule has 2 aromatic rings. The molecule has 1 aromatic carbocycles. The van der Waals surface area contributed by atoms with Crippen LogP contribution in [-0.4, -0.2) is 15.9 Å². The Balaban J connectivity index is 2.23. The van der Waals surface area contributed by atoms with Gasteiger partial charge >= 0.3 is 0 Å². The third-order valence-corrected chi connectivity index (χ3v) is 2.23. The van der Waals surface area contributed by atoms with Gasteiger partial charge in [-0.25, -0.2) is 4.79 Å². The lowest BCUT2D eigenvalue weighted by atomic mass is 10.1. The minimum absolute atomic E-state index is 0.615. The smallest absolute Gasteiger partial charge is 0.120 e. The van der Waals surface area contributed by atoms with Gasteiger partial charge in [-0.1, -0.05) is 24.3 Å². The van der Waals surface area contributed by atoms with Crippen LogP contribution in [0.15, 0.2) is 48.9 Å². The molecule has 16 heavy (non-hydrogen) atoms. The Hall–Kier alpha value is -2.25. The molecule has 0 N–H and O–H groups in total. The van der Waals surface area contributed by atoms with Crippen LogP contribution in [0.25, 0.3) is 11.3 Å². The molecule has 0 aliphatic heterocycles. The van der Waals surface area contributed by atoms with Crippen LogP contribution in [0.2, 0.25) is 0 Å². The van der Waals surface area contributed by atoms with Crippen LogP contribution in [-0.2, 0) is 11.2 Å². The second-order valence-electron chi connectivity index (χ2n) is 3.31. The third kappa shape index (κ3) is 2.41. The van der Waals surface area contributed by atoms with E-state index >= 15 is 0 Å². The average molecular weight is 210 g/mol. The maximum absolute atomic E-state index is 10.1. The van der Waals surface area contributed by atoms with Crippen LogP contribution in [0.3, 0.4) is 0 Å². The Morgan fingerprint density at radius 3 is 2.62 bits per heavy atom. The van der Waals surface area contributed by atoms with Gasteiger partial charge in [-0.3, -0.25) is 9.97 Å². The van der Waals surface area contributed by atoms with E-state index in [1.165, 1.54) is 6.08 Å². The molecule has 0 saturated carbocycles. The van der Waals surface area contributed by atoms with Gasteiger partial charge in [-0.2, -0.15) is 0 Å². The van der Waals surface area contributed by atoms with E-state index in [0.717, 1.165) is 16.8 Å². The SMILES string of the molecule is O=C=CCc1ccc(-c2cnccn2)cc1. The maximum atomic E-state index is 10.1. The standard InChI is InChI=1S/C13H10N2O/c16-9-1-2-11-3-5-12(6-4-11)13-10-14-7-8-15-13/h1,3-8,10H,2H2. The quantitative estimate of drug-likeness (QED) is 0.728. The van der Waals surface area contributed by atoms with Crippen molar-refractivity contribution in [1.29, 1.82) is 0 Å². The number of hydrogen-bond acceptors (Lipinski definition) is 3. The van der Waals surface area contributed by atoms with Crippen LogP contribution < -0.4 is 0 Å². The summed E-state index contributed by atoms with van der Waals surface area (Å²) in [5.41, 5.74) is 2.95. The van der Waals surface area contributed by atoms with Crippen LogP contribution >= 0.6 is 0 Å². The van der Waals surface area contributed by atoms with E-state index in [0.29, 0.717) is 6.42 Å². The van der Waals surface area contributed by atoms with Crippen molar-refractivity contribution in [3.63, 3.8) is 0 Å². The van der Waals surface area contributed by atoms with Crippen molar-refractivity contribution in [2.75, 3.05) is 0 Å². The Labute approximate surface area is 93.5 Å². The summed E-state index contributed by atoms with van der Waals surface area (Å²) in [6, 6.07) is 7.88. The summed E-state index contributed by atoms with van der Waals surface area (Å²) < 4.78 is 0. The third-order valence-electron chi connectivity index (χ3n) is 2.23. The van der Waals surface area contributed by atoms with E-state index in [1.54, 1.807) is 24.5 Å². The second kappa shape index (κ2) is 5.01. The van der Waals surface area contributed by atoms with Gasteiger partial charge in [0, 0.05) is 30.5 Å². The van der Waals surface area contributed by atoms with Gasteiger partial charge in [0.05, 0.1) is 11.9 Å². The van der Waals surface area contributed by atoms with Crippen molar-refractivity contribution >= 4 is 5.94 Å². The highest BCUT2D eigenvalue weighted by atomic mass is 16.1. The van der Waals surface area contributed by atoms with Crippen molar-refractivity contribution < 1.29 is 4.79 Å². The largest absolute Gasteiger partial charge is 0.261 e. The lowest BCUT2D eigenvalue weighted by Crippen LogP contribution is -1.85. The molecule has 0 bridgehead atoms. The minimum atomic E-state index is 0.615. The van der Waals surface area contributed by atoms with Crippen LogP contribution in [0.4, 0.5) is 0 Å². The van der Waals surface area contributed by atoms with E-state index in [1.807, 2.05) is 24.3 Å². The number of benzene rings is 1. The van der Waals surface area contributed by atoms with E-state index in [4.69, 9.17) is 0 Å². The van der Waals surface area contributed by atoms with Gasteiger partial charge in [-0.05, 0) is 5.56 Å². The number of hydrogen-bond donors (Lipinski definition) is 0. The number of nitrogens with zero attached hydrogens (tertiary/aromatic N) is 2. The highest BCUT2D eigenvalue weighted by molar-refractivity contribution is 5.58. The zero-order chi connectivity index (χ0) is 11.2. The highest BCUT2D eigenvalue weighted by Crippen LogP contribution is 2.16. The molecule has 0 unspecified atom stereocenters. The van der Waals surface area contributed by atoms with E-state index in [2.05, 4.69) is 9.97 Å². The Bertz CT molecular complexity index is 499. The monoisotopic (exact) mass is 210 g/mol. The molecule has 0 fully saturated rings. The van der Waals surface area contributed by atoms with Gasteiger partial charge in [0.2, 0.25) is 0 Å². The maximum Gasteiger partial charge on any atom is 0.120 e. The molecule has 0 atom stereocenters. The van der Waals surface area contributed by atoms with Gasteiger partial charge in [-0.15, -0.1) is 0 Å². The van der Waals surface area contributed by atoms with Crippen LogP contribution in [0.5, 0.6) is 0 Å². The molecule has 1 aromatic heterocycles. The topological polar surface area (TPSA) is 42.9 Å². The molecule has 0 radical (unpaired) electrons. The summed E-state index contributed by atoms with van der Waals surface area (Å²) in [6.45, 7) is 0. The van der Waals surface area contributed by atoms with Gasteiger partial charge in [0.1, 0.15) is 5.94 Å². The predicted molar refractivity (Wildman–Crippen MR) is 61.4 cm³/mol. The number of aromatic nitrogens is 2. The molecular weight excluding hydrogens is 200 g/mol. The van der Waals surface area contributed by atoms with Crippen molar-refractivity contribution in [1.82, 2.24) is 9.97 Å². The number of carbonyl (C=O) groups excluding carboxylic acids is 1. The molecule has 0 amide bonds. The summed E-state index contributed by atoms with van der Waals surface area (Å²) in [5.74, 6) is 1.77. The van der Waals surface area contributed by atoms with Crippen LogP contribution in [0.1, 0.15) is 5.56 Å². The molecule has 1 heterocycles. The fraction of sp³-hybridized carbons (Fsp3) is 0.0769. The first-order valence-electron chi connectivity index (χ1n) is 4.95. The first-order valence-corrected chi connectivity index (χ1v) is 4.95. The Morgan fingerprint density at radius 2 is 2.00 bits per heavy atom. The molecule has 0 spiro atoms. The fourth-order valence-electron chi connectivity index (χ4n) is 1.42. The molecule has 0 aliphatic rings. The lowest BCUT2D eigenvalue weighted by Gasteiger charge is -2.00. The summed E-state index contributed by atoms with van der Waals surface area (Å²) in [5, 5.41) is 0. The average Bonchev–Trinajstić information content (AvgIpc) is 2.38. The first-order chi connectivity index (χ1) is 7.90. The molecule has 2 rings (SSSR count). The minimum Gasteiger partial charge on any atom is -0.261 e. The fourth-order valence-corrected chi connectivity index (χ4v) is 1.42. The summed E-state index contributed by atoms with van der Waals surface area (Å²) in [4.78, 5) is 18.3. The highest BCUT2D eigenvalue weighted by Gasteiger charge is 1.98. The summed E-state index contributed by atoms with van der Waals surface area (Å²) in [7, 11) is 0. The van der Waals surface area contributed by atoms with Gasteiger partial charge < -0.3 is 0 Å². The zero-order valence-corrected chi connectivity index (χ0v) is 8.63. The molecular formula is C13H10N2O. The lowest BCUT2D eigenvalue weighted by molar-refractivity contribution is 0.568. The summed E-state index contributed by atoms with van der Waals surface area (Å²) >= 11 is 0. The molecule has 0 aliphatic carbocycles. The van der Waals surface area contributed by atoms with E-state index < -0.39 is 0 Å². The molecule has 3 nitrogen and oxygen atoms in total. The normalized spacial score (nSPS) is 9.50. The molecule has 78 valence electrons. The van der Waals surface area contributed by atoms with Gasteiger partial charge in [0.25, 0.3) is 0 Å². The Kier molecular flexibility index (Phi) is 3.22. The zero-order valence-electron chi connectivity index (χ0n) is 8.63. The van der Waals surface area contributed by atoms with E-state index in [9.17, 15) is 4.79 Å². The molecule has 0 saturated heterocycles. The summed E-state index contributed by atoms with van der Waals surface area (Å²) in [6.07, 6.45) is 7.12. The molecule has 3 heteroatoms. The Morgan fingerprint density at radius 1 is 1.19 bits per heavy atom. The number of rotatable bonds is 3. The van der Waals surface area contributed by atoms with Crippen molar-refractivity contribution in [3.05, 3.63) is 54.5 Å². The first kappa shape index (κ1) is 10.3. The van der Waals surface area contributed by atoms with Crippen molar-refractivity contribution in [2.45, 2.75) is 6.42 Å². The van der Waals surface area contributed by atoms with Gasteiger partial charge in [0.15, 0.2) is 0 Å². The predicted octanol–water partition coefficient (Wildman–Crippen LogP) is 2.07.